The van der Waals surface area contributed by atoms with Crippen LogP contribution in [0.2, 0.25) is 0 Å². The van der Waals surface area contributed by atoms with Crippen molar-refractivity contribution in [3.05, 3.63) is 10.6 Å². The second-order valence-electron chi connectivity index (χ2n) is 2.96. The molecule has 1 heterocycles. The minimum absolute atomic E-state index is 0.472. The number of nitrogens with one attached hydrogen (secondary N) is 1. The van der Waals surface area contributed by atoms with Gasteiger partial charge in [-0.1, -0.05) is 0 Å². The minimum Gasteiger partial charge on any atom is -0.359 e. The van der Waals surface area contributed by atoms with Crippen molar-refractivity contribution in [3.63, 3.8) is 0 Å². The van der Waals surface area contributed by atoms with E-state index in [0.717, 1.165) is 10.8 Å². The largest absolute Gasteiger partial charge is 0.359 e. The quantitative estimate of drug-likeness (QED) is 0.738. The molecule has 11 heavy (non-hydrogen) atoms. The van der Waals surface area contributed by atoms with Crippen LogP contribution in [0.3, 0.4) is 0 Å². The summed E-state index contributed by atoms with van der Waals surface area (Å²) in [6.07, 6.45) is 0. The number of anilines is 1. The molecule has 2 nitrogen and oxygen atoms in total. The van der Waals surface area contributed by atoms with E-state index in [1.165, 1.54) is 4.88 Å². The number of nitrogens with zero attached hydrogens (tertiary/aromatic N) is 1. The Morgan fingerprint density at radius 2 is 2.00 bits per heavy atom. The third kappa shape index (κ3) is 2.19. The van der Waals surface area contributed by atoms with Gasteiger partial charge in [-0.25, -0.2) is 4.98 Å². The van der Waals surface area contributed by atoms with E-state index < -0.39 is 0 Å². The maximum absolute atomic E-state index is 4.36. The van der Waals surface area contributed by atoms with Gasteiger partial charge in [-0.3, -0.25) is 0 Å². The Bertz CT molecular complexity index is 221. The van der Waals surface area contributed by atoms with Crippen LogP contribution in [0.1, 0.15) is 24.4 Å². The highest BCUT2D eigenvalue weighted by Gasteiger charge is 2.02. The first-order valence-electron chi connectivity index (χ1n) is 3.80. The molecule has 0 bridgehead atoms. The monoisotopic (exact) mass is 170 g/mol. The summed E-state index contributed by atoms with van der Waals surface area (Å²) < 4.78 is 0. The average Bonchev–Trinajstić information content (AvgIpc) is 2.10. The summed E-state index contributed by atoms with van der Waals surface area (Å²) in [5, 5.41) is 4.31. The molecule has 0 saturated carbocycles. The molecule has 1 aromatic rings. The van der Waals surface area contributed by atoms with Crippen LogP contribution in [0, 0.1) is 13.8 Å². The zero-order valence-electron chi connectivity index (χ0n) is 7.43. The Hall–Kier alpha value is -0.570. The summed E-state index contributed by atoms with van der Waals surface area (Å²) in [6.45, 7) is 8.37. The van der Waals surface area contributed by atoms with Crippen molar-refractivity contribution in [3.8, 4) is 0 Å². The molecule has 0 unspecified atom stereocenters. The molecule has 0 aliphatic rings. The van der Waals surface area contributed by atoms with Gasteiger partial charge in [-0.2, -0.15) is 0 Å². The Balaban J connectivity index is 2.73. The maximum atomic E-state index is 4.36. The van der Waals surface area contributed by atoms with E-state index in [9.17, 15) is 0 Å². The molecule has 1 rings (SSSR count). The molecule has 1 N–H and O–H groups in total. The molecule has 0 spiro atoms. The van der Waals surface area contributed by atoms with Gasteiger partial charge in [0, 0.05) is 10.9 Å². The van der Waals surface area contributed by atoms with Crippen LogP contribution >= 0.6 is 11.3 Å². The second kappa shape index (κ2) is 3.22. The lowest BCUT2D eigenvalue weighted by atomic mass is 10.4. The van der Waals surface area contributed by atoms with E-state index >= 15 is 0 Å². The van der Waals surface area contributed by atoms with E-state index in [-0.39, 0.29) is 0 Å². The first-order chi connectivity index (χ1) is 5.09. The third-order valence-corrected chi connectivity index (χ3v) is 2.44. The molecule has 0 atom stereocenters. The van der Waals surface area contributed by atoms with Gasteiger partial charge in [0.25, 0.3) is 0 Å². The van der Waals surface area contributed by atoms with Crippen molar-refractivity contribution >= 4 is 16.5 Å². The van der Waals surface area contributed by atoms with E-state index in [4.69, 9.17) is 0 Å². The summed E-state index contributed by atoms with van der Waals surface area (Å²) in [7, 11) is 0. The number of thiazole rings is 1. The van der Waals surface area contributed by atoms with Crippen LogP contribution in [0.25, 0.3) is 0 Å². The topological polar surface area (TPSA) is 24.9 Å². The minimum atomic E-state index is 0.472. The maximum Gasteiger partial charge on any atom is 0.183 e. The van der Waals surface area contributed by atoms with Crippen LogP contribution in [0.15, 0.2) is 0 Å². The van der Waals surface area contributed by atoms with Crippen LogP contribution in [-0.2, 0) is 0 Å². The highest BCUT2D eigenvalue weighted by molar-refractivity contribution is 7.15. The molecule has 0 saturated heterocycles. The Kier molecular flexibility index (Phi) is 2.49. The number of hydrogen-bond acceptors (Lipinski definition) is 3. The third-order valence-electron chi connectivity index (χ3n) is 1.44. The van der Waals surface area contributed by atoms with Gasteiger partial charge in [0.15, 0.2) is 5.13 Å². The summed E-state index contributed by atoms with van der Waals surface area (Å²) in [5.74, 6) is 0. The van der Waals surface area contributed by atoms with E-state index in [2.05, 4.69) is 31.1 Å². The van der Waals surface area contributed by atoms with Gasteiger partial charge in [0.1, 0.15) is 0 Å². The smallest absolute Gasteiger partial charge is 0.183 e. The lowest BCUT2D eigenvalue weighted by molar-refractivity contribution is 0.895. The molecular weight excluding hydrogens is 156 g/mol. The number of aromatic nitrogens is 1. The van der Waals surface area contributed by atoms with Crippen LogP contribution in [0.4, 0.5) is 5.13 Å². The highest BCUT2D eigenvalue weighted by atomic mass is 32.1. The Morgan fingerprint density at radius 1 is 1.36 bits per heavy atom. The van der Waals surface area contributed by atoms with Gasteiger partial charge >= 0.3 is 0 Å². The normalized spacial score (nSPS) is 10.6. The van der Waals surface area contributed by atoms with Gasteiger partial charge in [-0.15, -0.1) is 11.3 Å². The average molecular weight is 170 g/mol. The fourth-order valence-electron chi connectivity index (χ4n) is 0.781. The summed E-state index contributed by atoms with van der Waals surface area (Å²) >= 11 is 1.72. The zero-order valence-corrected chi connectivity index (χ0v) is 8.25. The highest BCUT2D eigenvalue weighted by Crippen LogP contribution is 2.21. The van der Waals surface area contributed by atoms with Crippen molar-refractivity contribution in [2.75, 3.05) is 5.32 Å². The van der Waals surface area contributed by atoms with Crippen LogP contribution < -0.4 is 5.32 Å². The van der Waals surface area contributed by atoms with Crippen molar-refractivity contribution < 1.29 is 0 Å². The van der Waals surface area contributed by atoms with Crippen molar-refractivity contribution in [1.29, 1.82) is 0 Å². The second-order valence-corrected chi connectivity index (χ2v) is 4.16. The first kappa shape index (κ1) is 8.53. The SMILES string of the molecule is Cc1nc(NC(C)C)sc1C. The lowest BCUT2D eigenvalue weighted by Crippen LogP contribution is -2.08. The fraction of sp³-hybridized carbons (Fsp3) is 0.625. The van der Waals surface area contributed by atoms with Crippen molar-refractivity contribution in [2.45, 2.75) is 33.7 Å². The molecule has 0 aliphatic carbocycles. The molecule has 0 fully saturated rings. The molecule has 0 amide bonds. The predicted octanol–water partition coefficient (Wildman–Crippen LogP) is 2.58. The molecule has 3 heteroatoms. The summed E-state index contributed by atoms with van der Waals surface area (Å²) in [6, 6.07) is 0.472. The zero-order chi connectivity index (χ0) is 8.43. The number of aryl methyl sites for hydroxylation is 2. The number of hydrogen-bond donors (Lipinski definition) is 1. The van der Waals surface area contributed by atoms with Gasteiger partial charge in [-0.05, 0) is 27.7 Å². The van der Waals surface area contributed by atoms with Gasteiger partial charge in [0.05, 0.1) is 5.69 Å². The van der Waals surface area contributed by atoms with E-state index in [1.807, 2.05) is 6.92 Å². The van der Waals surface area contributed by atoms with E-state index in [0.29, 0.717) is 6.04 Å². The summed E-state index contributed by atoms with van der Waals surface area (Å²) in [4.78, 5) is 5.66. The summed E-state index contributed by atoms with van der Waals surface area (Å²) in [5.41, 5.74) is 1.14. The van der Waals surface area contributed by atoms with Crippen LogP contribution in [-0.4, -0.2) is 11.0 Å². The standard InChI is InChI=1S/C8H14N2S/c1-5(2)9-8-10-6(3)7(4)11-8/h5H,1-4H3,(H,9,10). The van der Waals surface area contributed by atoms with Crippen molar-refractivity contribution in [2.24, 2.45) is 0 Å². The first-order valence-corrected chi connectivity index (χ1v) is 4.62. The predicted molar refractivity (Wildman–Crippen MR) is 50.3 cm³/mol. The fourth-order valence-corrected chi connectivity index (χ4v) is 1.74. The van der Waals surface area contributed by atoms with Gasteiger partial charge in [0.2, 0.25) is 0 Å². The van der Waals surface area contributed by atoms with E-state index in [1.54, 1.807) is 11.3 Å². The lowest BCUT2D eigenvalue weighted by Gasteiger charge is -2.03. The Morgan fingerprint density at radius 3 is 2.36 bits per heavy atom. The molecule has 0 radical (unpaired) electrons. The van der Waals surface area contributed by atoms with Crippen LogP contribution in [0.5, 0.6) is 0 Å². The molecule has 1 aromatic heterocycles. The molecule has 0 aromatic carbocycles. The molecular formula is C8H14N2S. The van der Waals surface area contributed by atoms with Crippen molar-refractivity contribution in [1.82, 2.24) is 4.98 Å². The molecule has 0 aliphatic heterocycles. The van der Waals surface area contributed by atoms with Gasteiger partial charge < -0.3 is 5.32 Å². The molecule has 62 valence electrons. The number of rotatable bonds is 2. The Labute approximate surface area is 71.7 Å².